The van der Waals surface area contributed by atoms with Crippen molar-refractivity contribution < 1.29 is 60.4 Å². The van der Waals surface area contributed by atoms with Gasteiger partial charge in [0.1, 0.15) is 6.10 Å². The zero-order valence-corrected chi connectivity index (χ0v) is 21.5. The minimum atomic E-state index is -5.08. The molecule has 3 heterocycles. The number of fused-ring (bicyclic) bond motifs is 1. The van der Waals surface area contributed by atoms with E-state index in [1.165, 1.54) is 12.8 Å². The summed E-state index contributed by atoms with van der Waals surface area (Å²) in [5.41, 5.74) is 1.10. The molecule has 1 aliphatic carbocycles. The second kappa shape index (κ2) is 14.5. The molecule has 0 unspecified atom stereocenters. The van der Waals surface area contributed by atoms with Crippen LogP contribution in [0.1, 0.15) is 44.1 Å². The maximum atomic E-state index is 12.5. The number of rotatable bonds is 5. The van der Waals surface area contributed by atoms with E-state index >= 15 is 0 Å². The third-order valence-corrected chi connectivity index (χ3v) is 6.55. The van der Waals surface area contributed by atoms with Crippen molar-refractivity contribution in [3.63, 3.8) is 0 Å². The number of carboxylic acids is 2. The number of ether oxygens (including phenoxy) is 2. The Bertz CT molecular complexity index is 978. The SMILES string of the molecule is COc1ncccc1CN1CC[C@H]2C[C@@H](C(=O)NC3CCCC3)O[C@@H]2C1.O=C(O)C(F)(F)F.O=C(O)C(F)(F)F. The number of piperidine rings is 1. The standard InChI is InChI=1S/C20H29N3O3.2C2HF3O2/c1-25-20-15(5-4-9-21-20)12-23-10-8-14-11-17(26-18(14)13-23)19(24)22-16-6-2-3-7-16;2*3-2(4,5)1(6)7/h4-5,9,14,16-18H,2-3,6-8,10-13H2,1H3,(H,22,24);2*(H,6,7)/t14-,17-,18+;;/m0../s1. The smallest absolute Gasteiger partial charge is 0.481 e. The summed E-state index contributed by atoms with van der Waals surface area (Å²) in [6, 6.07) is 4.37. The number of methoxy groups -OCH3 is 1. The predicted octanol–water partition coefficient (Wildman–Crippen LogP) is 3.40. The van der Waals surface area contributed by atoms with Gasteiger partial charge in [0.25, 0.3) is 0 Å². The molecule has 0 spiro atoms. The van der Waals surface area contributed by atoms with Crippen LogP contribution in [0.2, 0.25) is 0 Å². The van der Waals surface area contributed by atoms with Crippen molar-refractivity contribution in [2.75, 3.05) is 20.2 Å². The van der Waals surface area contributed by atoms with E-state index in [1.807, 2.05) is 6.07 Å². The molecule has 3 aliphatic rings. The van der Waals surface area contributed by atoms with Gasteiger partial charge in [-0.25, -0.2) is 14.6 Å². The van der Waals surface area contributed by atoms with Crippen LogP contribution in [0.4, 0.5) is 26.3 Å². The molecule has 0 radical (unpaired) electrons. The van der Waals surface area contributed by atoms with Crippen LogP contribution in [0, 0.1) is 5.92 Å². The molecule has 4 rings (SSSR count). The van der Waals surface area contributed by atoms with Gasteiger partial charge < -0.3 is 25.0 Å². The fourth-order valence-electron chi connectivity index (χ4n) is 4.64. The van der Waals surface area contributed by atoms with Crippen molar-refractivity contribution >= 4 is 17.8 Å². The Hall–Kier alpha value is -3.14. The van der Waals surface area contributed by atoms with Crippen LogP contribution in [0.5, 0.6) is 5.88 Å². The lowest BCUT2D eigenvalue weighted by Gasteiger charge is -2.34. The summed E-state index contributed by atoms with van der Waals surface area (Å²) in [7, 11) is 1.66. The number of likely N-dealkylation sites (tertiary alicyclic amines) is 1. The van der Waals surface area contributed by atoms with E-state index in [1.54, 1.807) is 13.3 Å². The molecule has 226 valence electrons. The maximum absolute atomic E-state index is 12.5. The molecule has 10 nitrogen and oxygen atoms in total. The van der Waals surface area contributed by atoms with E-state index in [2.05, 4.69) is 21.3 Å². The fraction of sp³-hybridized carbons (Fsp3) is 0.667. The average Bonchev–Trinajstić information content (AvgIpc) is 3.53. The van der Waals surface area contributed by atoms with E-state index in [4.69, 9.17) is 29.3 Å². The van der Waals surface area contributed by atoms with Gasteiger partial charge in [0, 0.05) is 30.9 Å². The number of nitrogens with zero attached hydrogens (tertiary/aromatic N) is 2. The number of alkyl halides is 6. The second-order valence-electron chi connectivity index (χ2n) is 9.45. The van der Waals surface area contributed by atoms with Crippen molar-refractivity contribution in [2.45, 2.75) is 75.7 Å². The quantitative estimate of drug-likeness (QED) is 0.443. The van der Waals surface area contributed by atoms with Crippen molar-refractivity contribution in [3.8, 4) is 5.88 Å². The first kappa shape index (κ1) is 33.1. The number of pyridine rings is 1. The number of carbonyl (C=O) groups excluding carboxylic acids is 1. The fourth-order valence-corrected chi connectivity index (χ4v) is 4.64. The molecule has 1 aromatic heterocycles. The van der Waals surface area contributed by atoms with E-state index < -0.39 is 24.3 Å². The van der Waals surface area contributed by atoms with E-state index in [0.29, 0.717) is 17.8 Å². The molecular weight excluding hydrogens is 556 g/mol. The van der Waals surface area contributed by atoms with Crippen LogP contribution < -0.4 is 10.1 Å². The first-order valence-corrected chi connectivity index (χ1v) is 12.4. The molecular formula is C24H31F6N3O7. The largest absolute Gasteiger partial charge is 0.490 e. The summed E-state index contributed by atoms with van der Waals surface area (Å²) >= 11 is 0. The molecule has 0 aromatic carbocycles. The molecule has 3 fully saturated rings. The van der Waals surface area contributed by atoms with Gasteiger partial charge in [0.2, 0.25) is 11.8 Å². The third kappa shape index (κ3) is 10.4. The Morgan fingerprint density at radius 2 is 1.65 bits per heavy atom. The molecule has 1 amide bonds. The van der Waals surface area contributed by atoms with Crippen LogP contribution in [0.15, 0.2) is 18.3 Å². The number of aliphatic carboxylic acids is 2. The Morgan fingerprint density at radius 3 is 2.17 bits per heavy atom. The predicted molar refractivity (Wildman–Crippen MR) is 125 cm³/mol. The zero-order valence-electron chi connectivity index (χ0n) is 21.5. The van der Waals surface area contributed by atoms with Crippen LogP contribution >= 0.6 is 0 Å². The lowest BCUT2D eigenvalue weighted by atomic mass is 9.91. The lowest BCUT2D eigenvalue weighted by Crippen LogP contribution is -2.42. The summed E-state index contributed by atoms with van der Waals surface area (Å²) in [6.07, 6.45) is -1.87. The van der Waals surface area contributed by atoms with Gasteiger partial charge >= 0.3 is 24.3 Å². The Morgan fingerprint density at radius 1 is 1.07 bits per heavy atom. The van der Waals surface area contributed by atoms with Crippen molar-refractivity contribution in [1.82, 2.24) is 15.2 Å². The minimum absolute atomic E-state index is 0.103. The number of aromatic nitrogens is 1. The summed E-state index contributed by atoms with van der Waals surface area (Å²) in [5, 5.41) is 17.4. The molecule has 1 saturated carbocycles. The molecule has 3 N–H and O–H groups in total. The Balaban J connectivity index is 0.000000333. The summed E-state index contributed by atoms with van der Waals surface area (Å²) in [4.78, 5) is 37.0. The first-order chi connectivity index (χ1) is 18.6. The van der Waals surface area contributed by atoms with E-state index in [0.717, 1.165) is 50.9 Å². The third-order valence-electron chi connectivity index (χ3n) is 6.55. The molecule has 1 aromatic rings. The highest BCUT2D eigenvalue weighted by atomic mass is 19.4. The number of halogens is 6. The number of amides is 1. The van der Waals surface area contributed by atoms with Crippen LogP contribution in [-0.4, -0.2) is 88.7 Å². The van der Waals surface area contributed by atoms with Gasteiger partial charge in [-0.05, 0) is 44.2 Å². The maximum Gasteiger partial charge on any atom is 0.490 e. The Labute approximate surface area is 225 Å². The summed E-state index contributed by atoms with van der Waals surface area (Å²) in [6.45, 7) is 2.71. The second-order valence-corrected chi connectivity index (χ2v) is 9.45. The minimum Gasteiger partial charge on any atom is -0.481 e. The van der Waals surface area contributed by atoms with Gasteiger partial charge in [0.15, 0.2) is 0 Å². The number of hydrogen-bond acceptors (Lipinski definition) is 7. The topological polar surface area (TPSA) is 138 Å². The first-order valence-electron chi connectivity index (χ1n) is 12.4. The van der Waals surface area contributed by atoms with Crippen LogP contribution in [0.25, 0.3) is 0 Å². The van der Waals surface area contributed by atoms with Crippen molar-refractivity contribution in [3.05, 3.63) is 23.9 Å². The number of nitrogens with one attached hydrogen (secondary N) is 1. The average molecular weight is 588 g/mol. The van der Waals surface area contributed by atoms with Gasteiger partial charge in [0.05, 0.1) is 13.2 Å². The van der Waals surface area contributed by atoms with Gasteiger partial charge in [-0.15, -0.1) is 0 Å². The van der Waals surface area contributed by atoms with Crippen molar-refractivity contribution in [2.24, 2.45) is 5.92 Å². The van der Waals surface area contributed by atoms with Crippen molar-refractivity contribution in [1.29, 1.82) is 0 Å². The van der Waals surface area contributed by atoms with E-state index in [-0.39, 0.29) is 18.1 Å². The molecule has 0 bridgehead atoms. The highest BCUT2D eigenvalue weighted by Crippen LogP contribution is 2.34. The van der Waals surface area contributed by atoms with Gasteiger partial charge in [-0.2, -0.15) is 26.3 Å². The van der Waals surface area contributed by atoms with Crippen LogP contribution in [0.3, 0.4) is 0 Å². The zero-order chi connectivity index (χ0) is 30.1. The summed E-state index contributed by atoms with van der Waals surface area (Å²) in [5.74, 6) is -4.22. The van der Waals surface area contributed by atoms with Gasteiger partial charge in [-0.1, -0.05) is 18.9 Å². The number of carbonyl (C=O) groups is 3. The Kier molecular flexibility index (Phi) is 12.0. The monoisotopic (exact) mass is 587 g/mol. The van der Waals surface area contributed by atoms with E-state index in [9.17, 15) is 31.1 Å². The number of hydrogen-bond donors (Lipinski definition) is 3. The molecule has 3 atom stereocenters. The highest BCUT2D eigenvalue weighted by molar-refractivity contribution is 5.81. The normalized spacial score (nSPS) is 23.1. The molecule has 16 heteroatoms. The number of carboxylic acid groups (broad SMARTS) is 2. The molecule has 40 heavy (non-hydrogen) atoms. The highest BCUT2D eigenvalue weighted by Gasteiger charge is 2.42. The van der Waals surface area contributed by atoms with Gasteiger partial charge in [-0.3, -0.25) is 9.69 Å². The lowest BCUT2D eigenvalue weighted by molar-refractivity contribution is -0.193. The molecule has 2 aliphatic heterocycles. The van der Waals surface area contributed by atoms with Crippen LogP contribution in [-0.2, 0) is 25.7 Å². The molecule has 2 saturated heterocycles. The summed E-state index contributed by atoms with van der Waals surface area (Å²) < 4.78 is 75.0.